The van der Waals surface area contributed by atoms with E-state index >= 15 is 0 Å². The molecule has 0 spiro atoms. The molecule has 0 bridgehead atoms. The van der Waals surface area contributed by atoms with Crippen LogP contribution in [0.15, 0.2) is 42.5 Å². The third-order valence-electron chi connectivity index (χ3n) is 3.02. The van der Waals surface area contributed by atoms with E-state index in [0.29, 0.717) is 28.2 Å². The first-order valence-corrected chi connectivity index (χ1v) is 6.40. The number of rotatable bonds is 3. The van der Waals surface area contributed by atoms with Crippen LogP contribution in [0.4, 0.5) is 17.1 Å². The maximum Gasteiger partial charge on any atom is 0.253 e. The van der Waals surface area contributed by atoms with Crippen molar-refractivity contribution in [3.05, 3.63) is 53.6 Å². The average Bonchev–Trinajstić information content (AvgIpc) is 2.49. The van der Waals surface area contributed by atoms with Gasteiger partial charge in [0.25, 0.3) is 5.91 Å². The number of carbonyl (C=O) groups excluding carboxylic acids is 1. The van der Waals surface area contributed by atoms with E-state index in [1.54, 1.807) is 50.5 Å². The van der Waals surface area contributed by atoms with Crippen molar-refractivity contribution in [1.29, 1.82) is 5.26 Å². The molecule has 0 aliphatic carbocycles. The first-order chi connectivity index (χ1) is 10.0. The fourth-order valence-corrected chi connectivity index (χ4v) is 1.90. The number of nitrogens with two attached hydrogens (primary N) is 1. The predicted molar refractivity (Wildman–Crippen MR) is 83.3 cm³/mol. The monoisotopic (exact) mass is 280 g/mol. The summed E-state index contributed by atoms with van der Waals surface area (Å²) < 4.78 is 0. The second-order valence-corrected chi connectivity index (χ2v) is 4.78. The Morgan fingerprint density at radius 2 is 1.90 bits per heavy atom. The van der Waals surface area contributed by atoms with Crippen LogP contribution >= 0.6 is 0 Å². The zero-order valence-corrected chi connectivity index (χ0v) is 11.9. The quantitative estimate of drug-likeness (QED) is 0.847. The predicted octanol–water partition coefficient (Wildman–Crippen LogP) is 2.59. The van der Waals surface area contributed by atoms with E-state index in [1.807, 2.05) is 6.07 Å². The van der Waals surface area contributed by atoms with Gasteiger partial charge < -0.3 is 16.0 Å². The summed E-state index contributed by atoms with van der Waals surface area (Å²) in [6, 6.07) is 14.3. The van der Waals surface area contributed by atoms with E-state index in [4.69, 9.17) is 11.0 Å². The third kappa shape index (κ3) is 3.12. The van der Waals surface area contributed by atoms with Gasteiger partial charge in [-0.15, -0.1) is 0 Å². The number of hydrogen-bond donors (Lipinski definition) is 2. The number of nitrogen functional groups attached to an aromatic ring is 1. The molecule has 0 radical (unpaired) electrons. The van der Waals surface area contributed by atoms with Gasteiger partial charge in [0.05, 0.1) is 22.6 Å². The topological polar surface area (TPSA) is 82.2 Å². The normalized spacial score (nSPS) is 9.76. The molecule has 0 unspecified atom stereocenters. The molecule has 5 heteroatoms. The number of nitrogens with one attached hydrogen (secondary N) is 1. The second kappa shape index (κ2) is 5.97. The van der Waals surface area contributed by atoms with E-state index in [9.17, 15) is 4.79 Å². The van der Waals surface area contributed by atoms with Crippen LogP contribution < -0.4 is 11.1 Å². The summed E-state index contributed by atoms with van der Waals surface area (Å²) >= 11 is 0. The van der Waals surface area contributed by atoms with Crippen molar-refractivity contribution in [2.24, 2.45) is 0 Å². The summed E-state index contributed by atoms with van der Waals surface area (Å²) in [4.78, 5) is 13.4. The lowest BCUT2D eigenvalue weighted by atomic mass is 10.1. The van der Waals surface area contributed by atoms with Gasteiger partial charge in [-0.25, -0.2) is 0 Å². The van der Waals surface area contributed by atoms with Gasteiger partial charge in [-0.1, -0.05) is 12.1 Å². The van der Waals surface area contributed by atoms with Crippen molar-refractivity contribution in [3.8, 4) is 6.07 Å². The van der Waals surface area contributed by atoms with Gasteiger partial charge in [0.15, 0.2) is 0 Å². The Labute approximate surface area is 123 Å². The smallest absolute Gasteiger partial charge is 0.253 e. The number of nitriles is 1. The minimum atomic E-state index is -0.106. The molecule has 1 amide bonds. The molecule has 0 aliphatic rings. The average molecular weight is 280 g/mol. The Balaban J connectivity index is 2.30. The zero-order valence-electron chi connectivity index (χ0n) is 11.9. The number of amides is 1. The molecule has 0 atom stereocenters. The van der Waals surface area contributed by atoms with E-state index in [-0.39, 0.29) is 5.91 Å². The Kier molecular flexibility index (Phi) is 4.10. The van der Waals surface area contributed by atoms with Crippen LogP contribution in [0, 0.1) is 11.3 Å². The summed E-state index contributed by atoms with van der Waals surface area (Å²) in [5.74, 6) is -0.106. The molecule has 0 aromatic heterocycles. The Hall–Kier alpha value is -3.00. The summed E-state index contributed by atoms with van der Waals surface area (Å²) in [6.45, 7) is 0. The Morgan fingerprint density at radius 3 is 2.52 bits per heavy atom. The van der Waals surface area contributed by atoms with Gasteiger partial charge in [-0.2, -0.15) is 5.26 Å². The van der Waals surface area contributed by atoms with Gasteiger partial charge >= 0.3 is 0 Å². The summed E-state index contributed by atoms with van der Waals surface area (Å²) in [5, 5.41) is 12.2. The molecule has 2 aromatic carbocycles. The lowest BCUT2D eigenvalue weighted by Crippen LogP contribution is -2.21. The van der Waals surface area contributed by atoms with Crippen molar-refractivity contribution in [3.63, 3.8) is 0 Å². The Morgan fingerprint density at radius 1 is 1.19 bits per heavy atom. The highest BCUT2D eigenvalue weighted by Crippen LogP contribution is 2.26. The number of carbonyl (C=O) groups is 1. The zero-order chi connectivity index (χ0) is 15.4. The van der Waals surface area contributed by atoms with Crippen LogP contribution in [0.25, 0.3) is 0 Å². The van der Waals surface area contributed by atoms with Crippen LogP contribution in [-0.2, 0) is 0 Å². The molecule has 106 valence electrons. The Bertz CT molecular complexity index is 716. The van der Waals surface area contributed by atoms with Crippen LogP contribution in [0.5, 0.6) is 0 Å². The molecule has 0 saturated heterocycles. The summed E-state index contributed by atoms with van der Waals surface area (Å²) in [7, 11) is 3.38. The summed E-state index contributed by atoms with van der Waals surface area (Å²) in [5.41, 5.74) is 8.83. The van der Waals surface area contributed by atoms with Gasteiger partial charge in [-0.3, -0.25) is 4.79 Å². The van der Waals surface area contributed by atoms with Gasteiger partial charge in [0.2, 0.25) is 0 Å². The molecule has 0 fully saturated rings. The van der Waals surface area contributed by atoms with Crippen LogP contribution in [-0.4, -0.2) is 24.9 Å². The number of hydrogen-bond acceptors (Lipinski definition) is 4. The lowest BCUT2D eigenvalue weighted by Gasteiger charge is -2.14. The molecule has 21 heavy (non-hydrogen) atoms. The maximum atomic E-state index is 11.9. The minimum Gasteiger partial charge on any atom is -0.397 e. The number of anilines is 3. The highest BCUT2D eigenvalue weighted by Gasteiger charge is 2.10. The molecular weight excluding hydrogens is 264 g/mol. The van der Waals surface area contributed by atoms with E-state index in [0.717, 1.165) is 0 Å². The molecule has 3 N–H and O–H groups in total. The highest BCUT2D eigenvalue weighted by atomic mass is 16.2. The van der Waals surface area contributed by atoms with Crippen molar-refractivity contribution in [1.82, 2.24) is 4.90 Å². The largest absolute Gasteiger partial charge is 0.397 e. The first-order valence-electron chi connectivity index (χ1n) is 6.40. The van der Waals surface area contributed by atoms with Gasteiger partial charge in [-0.05, 0) is 30.3 Å². The van der Waals surface area contributed by atoms with Crippen LogP contribution in [0.3, 0.4) is 0 Å². The van der Waals surface area contributed by atoms with Gasteiger partial charge in [0, 0.05) is 19.7 Å². The highest BCUT2D eigenvalue weighted by molar-refractivity contribution is 5.96. The van der Waals surface area contributed by atoms with E-state index in [2.05, 4.69) is 11.4 Å². The fourth-order valence-electron chi connectivity index (χ4n) is 1.90. The number of nitrogens with zero attached hydrogens (tertiary/aromatic N) is 2. The van der Waals surface area contributed by atoms with Crippen LogP contribution in [0.1, 0.15) is 15.9 Å². The van der Waals surface area contributed by atoms with Crippen molar-refractivity contribution < 1.29 is 4.79 Å². The molecule has 0 heterocycles. The third-order valence-corrected chi connectivity index (χ3v) is 3.02. The lowest BCUT2D eigenvalue weighted by molar-refractivity contribution is 0.0827. The van der Waals surface area contributed by atoms with Crippen LogP contribution in [0.2, 0.25) is 0 Å². The first kappa shape index (κ1) is 14.4. The molecule has 0 aliphatic heterocycles. The molecule has 0 saturated carbocycles. The molecule has 2 aromatic rings. The SMILES string of the molecule is CN(C)C(=O)c1ccc(Nc2ccccc2C#N)c(N)c1. The molecule has 5 nitrogen and oxygen atoms in total. The fraction of sp³-hybridized carbons (Fsp3) is 0.125. The maximum absolute atomic E-state index is 11.9. The number of benzene rings is 2. The molecular formula is C16H16N4O. The minimum absolute atomic E-state index is 0.106. The van der Waals surface area contributed by atoms with E-state index in [1.165, 1.54) is 4.90 Å². The second-order valence-electron chi connectivity index (χ2n) is 4.78. The summed E-state index contributed by atoms with van der Waals surface area (Å²) in [6.07, 6.45) is 0. The van der Waals surface area contributed by atoms with Crippen molar-refractivity contribution in [2.75, 3.05) is 25.1 Å². The van der Waals surface area contributed by atoms with E-state index < -0.39 is 0 Å². The molecule has 2 rings (SSSR count). The number of para-hydroxylation sites is 1. The standard InChI is InChI=1S/C16H16N4O/c1-20(2)16(21)11-7-8-15(13(18)9-11)19-14-6-4-3-5-12(14)10-17/h3-9,19H,18H2,1-2H3. The van der Waals surface area contributed by atoms with Gasteiger partial charge in [0.1, 0.15) is 6.07 Å². The van der Waals surface area contributed by atoms with Crippen molar-refractivity contribution >= 4 is 23.0 Å². The van der Waals surface area contributed by atoms with Crippen molar-refractivity contribution in [2.45, 2.75) is 0 Å².